The van der Waals surface area contributed by atoms with Crippen LogP contribution in [0.5, 0.6) is 0 Å². The van der Waals surface area contributed by atoms with Gasteiger partial charge in [-0.1, -0.05) is 6.07 Å². The molecule has 0 aliphatic carbocycles. The summed E-state index contributed by atoms with van der Waals surface area (Å²) in [6.45, 7) is 3.48. The van der Waals surface area contributed by atoms with Crippen LogP contribution in [0.4, 0.5) is 0 Å². The SMILES string of the molecule is CC(C)(O)c1ccc(-c2cnn3c2nc([C@@H]2C[C@H]4CC[C@@H](C2)N4)c2cc[nH]c23)cn1. The Labute approximate surface area is 174 Å². The van der Waals surface area contributed by atoms with E-state index in [9.17, 15) is 5.11 Å². The highest BCUT2D eigenvalue weighted by Gasteiger charge is 2.36. The number of rotatable bonds is 3. The maximum absolute atomic E-state index is 10.2. The average molecular weight is 403 g/mol. The van der Waals surface area contributed by atoms with Crippen molar-refractivity contribution >= 4 is 16.7 Å². The summed E-state index contributed by atoms with van der Waals surface area (Å²) < 4.78 is 1.90. The van der Waals surface area contributed by atoms with Gasteiger partial charge in [-0.25, -0.2) is 4.98 Å². The summed E-state index contributed by atoms with van der Waals surface area (Å²) in [5.41, 5.74) is 4.62. The Morgan fingerprint density at radius 3 is 2.60 bits per heavy atom. The molecule has 30 heavy (non-hydrogen) atoms. The number of aromatic nitrogens is 5. The van der Waals surface area contributed by atoms with Crippen molar-refractivity contribution < 1.29 is 5.11 Å². The standard InChI is InChI=1S/C23H26N6O/c1-23(2,30)19-6-3-13(11-25-19)18-12-26-29-21-17(7-8-24-21)20(28-22(18)29)14-9-15-4-5-16(10-14)27-15/h3,6-8,11-12,14-16,24,27,30H,4-5,9-10H2,1-2H3/t14-,15-,16+. The van der Waals surface area contributed by atoms with Crippen molar-refractivity contribution in [1.82, 2.24) is 29.9 Å². The van der Waals surface area contributed by atoms with Gasteiger partial charge in [0.1, 0.15) is 11.2 Å². The molecule has 0 radical (unpaired) electrons. The van der Waals surface area contributed by atoms with Crippen molar-refractivity contribution in [2.75, 3.05) is 0 Å². The van der Waals surface area contributed by atoms with E-state index in [2.05, 4.69) is 26.4 Å². The van der Waals surface area contributed by atoms with Gasteiger partial charge in [-0.2, -0.15) is 9.61 Å². The quantitative estimate of drug-likeness (QED) is 0.488. The zero-order valence-corrected chi connectivity index (χ0v) is 17.3. The number of aliphatic hydroxyl groups is 1. The van der Waals surface area contributed by atoms with Crippen molar-refractivity contribution in [2.24, 2.45) is 0 Å². The van der Waals surface area contributed by atoms with E-state index >= 15 is 0 Å². The van der Waals surface area contributed by atoms with Crippen molar-refractivity contribution in [2.45, 2.75) is 63.1 Å². The number of fused-ring (bicyclic) bond motifs is 5. The largest absolute Gasteiger partial charge is 0.384 e. The molecule has 2 aliphatic heterocycles. The Kier molecular flexibility index (Phi) is 3.82. The van der Waals surface area contributed by atoms with Crippen LogP contribution < -0.4 is 5.32 Å². The Bertz CT molecular complexity index is 1220. The molecule has 2 saturated heterocycles. The molecule has 4 aromatic rings. The summed E-state index contributed by atoms with van der Waals surface area (Å²) in [4.78, 5) is 13.0. The van der Waals surface area contributed by atoms with Gasteiger partial charge in [0, 0.05) is 46.9 Å². The molecule has 2 bridgehead atoms. The maximum Gasteiger partial charge on any atom is 0.165 e. The highest BCUT2D eigenvalue weighted by molar-refractivity contribution is 5.86. The molecule has 0 unspecified atom stereocenters. The van der Waals surface area contributed by atoms with E-state index in [4.69, 9.17) is 4.98 Å². The molecule has 0 saturated carbocycles. The summed E-state index contributed by atoms with van der Waals surface area (Å²) in [6, 6.07) is 7.22. The number of hydrogen-bond acceptors (Lipinski definition) is 5. The fourth-order valence-electron chi connectivity index (χ4n) is 5.24. The molecule has 154 valence electrons. The highest BCUT2D eigenvalue weighted by atomic mass is 16.3. The minimum atomic E-state index is -0.962. The summed E-state index contributed by atoms with van der Waals surface area (Å²) in [5, 5.41) is 19.7. The van der Waals surface area contributed by atoms with Gasteiger partial charge >= 0.3 is 0 Å². The fraction of sp³-hybridized carbons (Fsp3) is 0.435. The number of pyridine rings is 1. The summed E-state index contributed by atoms with van der Waals surface area (Å²) in [5.74, 6) is 0.463. The number of hydrogen-bond donors (Lipinski definition) is 3. The van der Waals surface area contributed by atoms with Crippen LogP contribution >= 0.6 is 0 Å². The molecule has 0 aromatic carbocycles. The molecule has 2 fully saturated rings. The smallest absolute Gasteiger partial charge is 0.165 e. The Balaban J connectivity index is 1.49. The Morgan fingerprint density at radius 1 is 1.10 bits per heavy atom. The molecule has 7 heteroatoms. The minimum Gasteiger partial charge on any atom is -0.384 e. The third kappa shape index (κ3) is 2.76. The lowest BCUT2D eigenvalue weighted by molar-refractivity contribution is 0.0739. The van der Waals surface area contributed by atoms with Crippen LogP contribution in [0.2, 0.25) is 0 Å². The van der Waals surface area contributed by atoms with E-state index in [0.717, 1.165) is 35.3 Å². The summed E-state index contributed by atoms with van der Waals surface area (Å²) in [7, 11) is 0. The monoisotopic (exact) mass is 402 g/mol. The molecule has 6 rings (SSSR count). The molecule has 0 spiro atoms. The number of H-pyrrole nitrogens is 1. The molecule has 7 nitrogen and oxygen atoms in total. The topological polar surface area (TPSA) is 91.1 Å². The molecular weight excluding hydrogens is 376 g/mol. The van der Waals surface area contributed by atoms with Crippen LogP contribution in [0.25, 0.3) is 27.8 Å². The van der Waals surface area contributed by atoms with E-state index in [1.165, 1.54) is 23.9 Å². The summed E-state index contributed by atoms with van der Waals surface area (Å²) >= 11 is 0. The predicted molar refractivity (Wildman–Crippen MR) is 115 cm³/mol. The van der Waals surface area contributed by atoms with Gasteiger partial charge in [-0.3, -0.25) is 4.98 Å². The number of piperidine rings is 1. The third-order valence-electron chi connectivity index (χ3n) is 6.74. The van der Waals surface area contributed by atoms with E-state index in [1.54, 1.807) is 20.0 Å². The van der Waals surface area contributed by atoms with Crippen LogP contribution in [-0.2, 0) is 5.60 Å². The first-order chi connectivity index (χ1) is 14.5. The highest BCUT2D eigenvalue weighted by Crippen LogP contribution is 2.39. The van der Waals surface area contributed by atoms with Gasteiger partial charge in [-0.15, -0.1) is 0 Å². The first-order valence-corrected chi connectivity index (χ1v) is 10.8. The van der Waals surface area contributed by atoms with Gasteiger partial charge in [0.2, 0.25) is 0 Å². The van der Waals surface area contributed by atoms with Crippen molar-refractivity contribution in [3.05, 3.63) is 48.2 Å². The van der Waals surface area contributed by atoms with Crippen LogP contribution in [0, 0.1) is 0 Å². The Hall–Kier alpha value is -2.77. The number of aromatic amines is 1. The third-order valence-corrected chi connectivity index (χ3v) is 6.74. The fourth-order valence-corrected chi connectivity index (χ4v) is 5.24. The lowest BCUT2D eigenvalue weighted by Crippen LogP contribution is -2.37. The Morgan fingerprint density at radius 2 is 1.90 bits per heavy atom. The van der Waals surface area contributed by atoms with Crippen LogP contribution in [0.15, 0.2) is 36.8 Å². The van der Waals surface area contributed by atoms with Crippen LogP contribution in [0.3, 0.4) is 0 Å². The summed E-state index contributed by atoms with van der Waals surface area (Å²) in [6.07, 6.45) is 10.5. The van der Waals surface area contributed by atoms with Crippen LogP contribution in [0.1, 0.15) is 56.8 Å². The van der Waals surface area contributed by atoms with Crippen molar-refractivity contribution in [1.29, 1.82) is 0 Å². The van der Waals surface area contributed by atoms with Crippen molar-refractivity contribution in [3.8, 4) is 11.1 Å². The van der Waals surface area contributed by atoms with Crippen LogP contribution in [-0.4, -0.2) is 41.8 Å². The molecule has 6 heterocycles. The van der Waals surface area contributed by atoms with E-state index in [-0.39, 0.29) is 0 Å². The number of nitrogens with one attached hydrogen (secondary N) is 2. The second-order valence-electron chi connectivity index (χ2n) is 9.33. The molecule has 4 aromatic heterocycles. The normalized spacial score (nSPS) is 24.2. The van der Waals surface area contributed by atoms with Gasteiger partial charge in [0.25, 0.3) is 0 Å². The molecular formula is C23H26N6O. The first-order valence-electron chi connectivity index (χ1n) is 10.8. The van der Waals surface area contributed by atoms with Gasteiger partial charge in [0.15, 0.2) is 5.65 Å². The average Bonchev–Trinajstić information content (AvgIpc) is 3.44. The van der Waals surface area contributed by atoms with Gasteiger partial charge in [-0.05, 0) is 51.7 Å². The second kappa shape index (κ2) is 6.36. The molecule has 2 aliphatic rings. The lowest BCUT2D eigenvalue weighted by atomic mass is 9.88. The van der Waals surface area contributed by atoms with E-state index in [1.807, 2.05) is 29.0 Å². The maximum atomic E-state index is 10.2. The minimum absolute atomic E-state index is 0.463. The van der Waals surface area contributed by atoms with Gasteiger partial charge < -0.3 is 15.4 Å². The molecule has 3 N–H and O–H groups in total. The van der Waals surface area contributed by atoms with E-state index in [0.29, 0.717) is 23.7 Å². The first kappa shape index (κ1) is 18.0. The number of nitrogens with zero attached hydrogens (tertiary/aromatic N) is 4. The van der Waals surface area contributed by atoms with E-state index < -0.39 is 5.60 Å². The molecule has 3 atom stereocenters. The van der Waals surface area contributed by atoms with Gasteiger partial charge in [0.05, 0.1) is 17.6 Å². The zero-order valence-electron chi connectivity index (χ0n) is 17.3. The predicted octanol–water partition coefficient (Wildman–Crippen LogP) is 3.50. The lowest BCUT2D eigenvalue weighted by Gasteiger charge is -2.29. The zero-order chi connectivity index (χ0) is 20.5. The van der Waals surface area contributed by atoms with Crippen molar-refractivity contribution in [3.63, 3.8) is 0 Å². The molecule has 0 amide bonds. The second-order valence-corrected chi connectivity index (χ2v) is 9.33.